The van der Waals surface area contributed by atoms with Crippen LogP contribution in [0, 0.1) is 0 Å². The van der Waals surface area contributed by atoms with Crippen LogP contribution < -0.4 is 33.8 Å². The molecule has 0 amide bonds. The molecule has 1 atom stereocenters. The van der Waals surface area contributed by atoms with Crippen LogP contribution in [0.25, 0.3) is 6.08 Å². The fraction of sp³-hybridized carbons (Fsp3) is 0.300. The zero-order chi connectivity index (χ0) is 29.7. The summed E-state index contributed by atoms with van der Waals surface area (Å²) >= 11 is 1.18. The van der Waals surface area contributed by atoms with Crippen molar-refractivity contribution in [2.75, 3.05) is 34.0 Å². The number of thiazole rings is 1. The lowest BCUT2D eigenvalue weighted by atomic mass is 9.95. The number of phenols is 1. The topological polar surface area (TPSA) is 118 Å². The van der Waals surface area contributed by atoms with Crippen molar-refractivity contribution in [3.63, 3.8) is 0 Å². The molecule has 1 aliphatic heterocycles. The molecule has 3 aromatic rings. The van der Waals surface area contributed by atoms with Gasteiger partial charge in [-0.1, -0.05) is 30.1 Å². The Hall–Kier alpha value is -4.51. The quantitative estimate of drug-likeness (QED) is 0.271. The van der Waals surface area contributed by atoms with E-state index in [1.165, 1.54) is 30.1 Å². The molecule has 2 aromatic carbocycles. The summed E-state index contributed by atoms with van der Waals surface area (Å²) in [5, 5.41) is 10.3. The van der Waals surface area contributed by atoms with E-state index in [0.29, 0.717) is 44.3 Å². The average Bonchev–Trinajstić information content (AvgIpc) is 3.26. The monoisotopic (exact) mass is 580 g/mol. The van der Waals surface area contributed by atoms with Crippen molar-refractivity contribution in [3.8, 4) is 28.7 Å². The Bertz CT molecular complexity index is 1660. The molecular formula is C30H32N2O8S. The fourth-order valence-electron chi connectivity index (χ4n) is 4.49. The van der Waals surface area contributed by atoms with E-state index in [1.807, 2.05) is 6.92 Å². The summed E-state index contributed by atoms with van der Waals surface area (Å²) in [6.45, 7) is 9.82. The predicted octanol–water partition coefficient (Wildman–Crippen LogP) is 3.48. The highest BCUT2D eigenvalue weighted by atomic mass is 32.1. The van der Waals surface area contributed by atoms with Crippen LogP contribution in [0.15, 0.2) is 64.0 Å². The van der Waals surface area contributed by atoms with Crippen molar-refractivity contribution >= 4 is 23.4 Å². The first-order valence-electron chi connectivity index (χ1n) is 12.9. The third-order valence-corrected chi connectivity index (χ3v) is 7.24. The summed E-state index contributed by atoms with van der Waals surface area (Å²) < 4.78 is 29.3. The first kappa shape index (κ1) is 29.5. The second-order valence-electron chi connectivity index (χ2n) is 8.82. The molecule has 0 bridgehead atoms. The minimum Gasteiger partial charge on any atom is -0.502 e. The molecule has 0 spiro atoms. The van der Waals surface area contributed by atoms with Gasteiger partial charge in [-0.15, -0.1) is 0 Å². The molecule has 2 heterocycles. The normalized spacial score (nSPS) is 14.7. The largest absolute Gasteiger partial charge is 0.502 e. The first-order valence-corrected chi connectivity index (χ1v) is 13.7. The van der Waals surface area contributed by atoms with Gasteiger partial charge in [-0.3, -0.25) is 9.36 Å². The molecule has 11 heteroatoms. The number of aromatic nitrogens is 1. The highest BCUT2D eigenvalue weighted by molar-refractivity contribution is 7.07. The second kappa shape index (κ2) is 12.8. The SMILES string of the molecule is C=CCOc1ccc([C@@H]2C(C(=O)OCC)=C(C)N=c3sc(=Cc4cc(OC)c(O)c(OC)c4)c(=O)n32)cc1OCC. The van der Waals surface area contributed by atoms with Gasteiger partial charge in [0.05, 0.1) is 49.3 Å². The zero-order valence-corrected chi connectivity index (χ0v) is 24.4. The van der Waals surface area contributed by atoms with Crippen LogP contribution in [0.1, 0.15) is 37.9 Å². The van der Waals surface area contributed by atoms with Crippen molar-refractivity contribution in [2.24, 2.45) is 4.99 Å². The number of hydrogen-bond donors (Lipinski definition) is 1. The molecule has 0 unspecified atom stereocenters. The van der Waals surface area contributed by atoms with Gasteiger partial charge in [-0.2, -0.15) is 0 Å². The highest BCUT2D eigenvalue weighted by Gasteiger charge is 2.34. The maximum absolute atomic E-state index is 14.0. The molecule has 0 fully saturated rings. The lowest BCUT2D eigenvalue weighted by molar-refractivity contribution is -0.139. The number of rotatable bonds is 11. The van der Waals surface area contributed by atoms with Crippen molar-refractivity contribution in [1.29, 1.82) is 0 Å². The molecule has 0 aliphatic carbocycles. The Morgan fingerprint density at radius 1 is 1.07 bits per heavy atom. The van der Waals surface area contributed by atoms with E-state index >= 15 is 0 Å². The van der Waals surface area contributed by atoms with Gasteiger partial charge < -0.3 is 28.8 Å². The molecule has 4 rings (SSSR count). The number of carbonyl (C=O) groups excluding carboxylic acids is 1. The molecule has 10 nitrogen and oxygen atoms in total. The van der Waals surface area contributed by atoms with E-state index in [1.54, 1.807) is 56.3 Å². The van der Waals surface area contributed by atoms with Gasteiger partial charge in [0.1, 0.15) is 6.61 Å². The van der Waals surface area contributed by atoms with Crippen LogP contribution in [-0.4, -0.2) is 49.7 Å². The Kier molecular flexibility index (Phi) is 9.18. The molecule has 1 aliphatic rings. The maximum Gasteiger partial charge on any atom is 0.338 e. The Labute approximate surface area is 241 Å². The maximum atomic E-state index is 14.0. The second-order valence-corrected chi connectivity index (χ2v) is 9.82. The number of nitrogens with zero attached hydrogens (tertiary/aromatic N) is 2. The Morgan fingerprint density at radius 3 is 2.39 bits per heavy atom. The lowest BCUT2D eigenvalue weighted by Gasteiger charge is -2.25. The number of phenolic OH excluding ortho intramolecular Hbond substituents is 1. The minimum atomic E-state index is -0.830. The predicted molar refractivity (Wildman–Crippen MR) is 155 cm³/mol. The molecular weight excluding hydrogens is 548 g/mol. The van der Waals surface area contributed by atoms with E-state index in [-0.39, 0.29) is 41.6 Å². The van der Waals surface area contributed by atoms with Crippen LogP contribution in [0.5, 0.6) is 28.7 Å². The molecule has 216 valence electrons. The Morgan fingerprint density at radius 2 is 1.78 bits per heavy atom. The van der Waals surface area contributed by atoms with Crippen LogP contribution in [0.2, 0.25) is 0 Å². The molecule has 1 N–H and O–H groups in total. The van der Waals surface area contributed by atoms with E-state index in [0.717, 1.165) is 0 Å². The number of fused-ring (bicyclic) bond motifs is 1. The van der Waals surface area contributed by atoms with E-state index < -0.39 is 12.0 Å². The summed E-state index contributed by atoms with van der Waals surface area (Å²) in [6.07, 6.45) is 3.29. The average molecular weight is 581 g/mol. The third kappa shape index (κ3) is 5.85. The molecule has 0 saturated heterocycles. The van der Waals surface area contributed by atoms with Gasteiger partial charge in [0.25, 0.3) is 5.56 Å². The molecule has 1 aromatic heterocycles. The molecule has 41 heavy (non-hydrogen) atoms. The van der Waals surface area contributed by atoms with Crippen molar-refractivity contribution in [3.05, 3.63) is 85.1 Å². The van der Waals surface area contributed by atoms with Crippen molar-refractivity contribution in [2.45, 2.75) is 26.8 Å². The van der Waals surface area contributed by atoms with E-state index in [4.69, 9.17) is 23.7 Å². The fourth-order valence-corrected chi connectivity index (χ4v) is 5.53. The van der Waals surface area contributed by atoms with Crippen molar-refractivity contribution in [1.82, 2.24) is 4.57 Å². The van der Waals surface area contributed by atoms with Gasteiger partial charge in [-0.25, -0.2) is 9.79 Å². The summed E-state index contributed by atoms with van der Waals surface area (Å²) in [5.74, 6) is 0.666. The van der Waals surface area contributed by atoms with Crippen LogP contribution in [0.3, 0.4) is 0 Å². The van der Waals surface area contributed by atoms with Crippen molar-refractivity contribution < 1.29 is 33.6 Å². The Balaban J connectivity index is 1.95. The summed E-state index contributed by atoms with van der Waals surface area (Å²) in [5.41, 5.74) is 1.53. The van der Waals surface area contributed by atoms with E-state index in [2.05, 4.69) is 11.6 Å². The molecule has 0 radical (unpaired) electrons. The number of esters is 1. The number of allylic oxidation sites excluding steroid dienone is 1. The standard InChI is InChI=1S/C30H32N2O8S/c1-7-12-40-20-11-10-19(16-21(20)38-8-2)26-25(29(35)39-9-3)17(4)31-30-32(26)28(34)24(41-30)15-18-13-22(36-5)27(33)23(14-18)37-6/h7,10-11,13-16,26,33H,1,8-9,12H2,2-6H3/t26-/m1/s1. The van der Waals surface area contributed by atoms with Gasteiger partial charge in [0.2, 0.25) is 5.75 Å². The zero-order valence-electron chi connectivity index (χ0n) is 23.6. The highest BCUT2D eigenvalue weighted by Crippen LogP contribution is 2.38. The van der Waals surface area contributed by atoms with Gasteiger partial charge >= 0.3 is 5.97 Å². The smallest absolute Gasteiger partial charge is 0.338 e. The van der Waals surface area contributed by atoms with Gasteiger partial charge in [-0.05, 0) is 62.2 Å². The van der Waals surface area contributed by atoms with E-state index in [9.17, 15) is 14.7 Å². The molecule has 0 saturated carbocycles. The summed E-state index contributed by atoms with van der Waals surface area (Å²) in [6, 6.07) is 7.66. The van der Waals surface area contributed by atoms with Crippen LogP contribution >= 0.6 is 11.3 Å². The summed E-state index contributed by atoms with van der Waals surface area (Å²) in [7, 11) is 2.85. The number of hydrogen-bond acceptors (Lipinski definition) is 10. The number of benzene rings is 2. The summed E-state index contributed by atoms with van der Waals surface area (Å²) in [4.78, 5) is 32.2. The number of carbonyl (C=O) groups is 1. The first-order chi connectivity index (χ1) is 19.8. The van der Waals surface area contributed by atoms with Gasteiger partial charge in [0, 0.05) is 0 Å². The lowest BCUT2D eigenvalue weighted by Crippen LogP contribution is -2.40. The van der Waals surface area contributed by atoms with Crippen LogP contribution in [0.4, 0.5) is 0 Å². The minimum absolute atomic E-state index is 0.145. The third-order valence-electron chi connectivity index (χ3n) is 6.26. The number of aromatic hydroxyl groups is 1. The van der Waals surface area contributed by atoms with Gasteiger partial charge in [0.15, 0.2) is 27.8 Å². The number of methoxy groups -OCH3 is 2. The van der Waals surface area contributed by atoms with Crippen LogP contribution in [-0.2, 0) is 9.53 Å². The number of ether oxygens (including phenoxy) is 5.